The van der Waals surface area contributed by atoms with Crippen LogP contribution < -0.4 is 10.6 Å². The Bertz CT molecular complexity index is 577. The van der Waals surface area contributed by atoms with Crippen LogP contribution in [0.4, 0.5) is 0 Å². The van der Waals surface area contributed by atoms with Crippen LogP contribution in [0.15, 0.2) is 29.3 Å². The average molecular weight is 493 g/mol. The quantitative estimate of drug-likeness (QED) is 0.358. The second kappa shape index (κ2) is 11.3. The van der Waals surface area contributed by atoms with Crippen molar-refractivity contribution in [3.05, 3.63) is 34.9 Å². The summed E-state index contributed by atoms with van der Waals surface area (Å²) in [6.07, 6.45) is 3.57. The van der Waals surface area contributed by atoms with Crippen LogP contribution in [-0.4, -0.2) is 51.1 Å². The molecule has 0 bridgehead atoms. The Morgan fingerprint density at radius 3 is 2.77 bits per heavy atom. The van der Waals surface area contributed by atoms with Crippen LogP contribution in [-0.2, 0) is 6.42 Å². The van der Waals surface area contributed by atoms with E-state index in [1.807, 2.05) is 19.2 Å². The lowest BCUT2D eigenvalue weighted by Gasteiger charge is -2.31. The Morgan fingerprint density at radius 1 is 1.35 bits per heavy atom. The first-order valence-electron chi connectivity index (χ1n) is 9.25. The van der Waals surface area contributed by atoms with Crippen LogP contribution in [0.3, 0.4) is 0 Å². The van der Waals surface area contributed by atoms with Crippen molar-refractivity contribution < 1.29 is 0 Å². The molecule has 26 heavy (non-hydrogen) atoms. The van der Waals surface area contributed by atoms with Gasteiger partial charge in [0.2, 0.25) is 0 Å². The van der Waals surface area contributed by atoms with Crippen LogP contribution >= 0.6 is 35.6 Å². The zero-order chi connectivity index (χ0) is 18.3. The standard InChI is InChI=1S/C20H33ClN4.HI/c1-20(2,12-16-7-5-9-18(21)11-16)15-24-19(22-3)23-13-17-8-6-10-25(4)14-17;/h5,7,9,11,17H,6,8,10,12-15H2,1-4H3,(H2,22,23,24);1H. The van der Waals surface area contributed by atoms with E-state index in [2.05, 4.69) is 53.6 Å². The third kappa shape index (κ3) is 8.44. The molecule has 2 rings (SSSR count). The fourth-order valence-corrected chi connectivity index (χ4v) is 3.70. The highest BCUT2D eigenvalue weighted by atomic mass is 127. The van der Waals surface area contributed by atoms with Crippen molar-refractivity contribution in [2.75, 3.05) is 40.3 Å². The van der Waals surface area contributed by atoms with Crippen LogP contribution in [0.5, 0.6) is 0 Å². The topological polar surface area (TPSA) is 39.7 Å². The third-order valence-electron chi connectivity index (χ3n) is 4.81. The molecule has 6 heteroatoms. The molecule has 0 spiro atoms. The maximum absolute atomic E-state index is 6.10. The van der Waals surface area contributed by atoms with Gasteiger partial charge in [0.1, 0.15) is 0 Å². The van der Waals surface area contributed by atoms with E-state index in [1.165, 1.54) is 31.5 Å². The minimum atomic E-state index is 0. The molecule has 0 amide bonds. The highest BCUT2D eigenvalue weighted by Gasteiger charge is 2.20. The first kappa shape index (κ1) is 23.5. The number of nitrogens with zero attached hydrogens (tertiary/aromatic N) is 2. The molecule has 1 saturated heterocycles. The summed E-state index contributed by atoms with van der Waals surface area (Å²) in [4.78, 5) is 6.79. The maximum Gasteiger partial charge on any atom is 0.191 e. The molecule has 1 aromatic carbocycles. The lowest BCUT2D eigenvalue weighted by molar-refractivity contribution is 0.210. The van der Waals surface area contributed by atoms with Gasteiger partial charge in [-0.1, -0.05) is 37.6 Å². The Morgan fingerprint density at radius 2 is 2.12 bits per heavy atom. The maximum atomic E-state index is 6.10. The lowest BCUT2D eigenvalue weighted by Crippen LogP contribution is -2.46. The summed E-state index contributed by atoms with van der Waals surface area (Å²) >= 11 is 6.10. The number of piperidine rings is 1. The SMILES string of the molecule is CN=C(NCC1CCCN(C)C1)NCC(C)(C)Cc1cccc(Cl)c1.I. The van der Waals surface area contributed by atoms with Crippen LogP contribution in [0, 0.1) is 11.3 Å². The Balaban J connectivity index is 0.00000338. The van der Waals surface area contributed by atoms with Gasteiger partial charge in [-0.15, -0.1) is 24.0 Å². The van der Waals surface area contributed by atoms with Crippen molar-refractivity contribution in [1.29, 1.82) is 0 Å². The van der Waals surface area contributed by atoms with Crippen molar-refractivity contribution in [2.45, 2.75) is 33.1 Å². The van der Waals surface area contributed by atoms with Crippen LogP contribution in [0.2, 0.25) is 5.02 Å². The van der Waals surface area contributed by atoms with E-state index >= 15 is 0 Å². The molecule has 0 saturated carbocycles. The molecule has 4 nitrogen and oxygen atoms in total. The van der Waals surface area contributed by atoms with Gasteiger partial charge in [0.15, 0.2) is 5.96 Å². The van der Waals surface area contributed by atoms with E-state index in [4.69, 9.17) is 11.6 Å². The molecular formula is C20H34ClIN4. The molecule has 1 atom stereocenters. The summed E-state index contributed by atoms with van der Waals surface area (Å²) in [5.74, 6) is 1.60. The molecular weight excluding hydrogens is 459 g/mol. The van der Waals surface area contributed by atoms with Gasteiger partial charge in [-0.2, -0.15) is 0 Å². The van der Waals surface area contributed by atoms with Gasteiger partial charge in [0.25, 0.3) is 0 Å². The molecule has 1 aliphatic heterocycles. The molecule has 0 aliphatic carbocycles. The van der Waals surface area contributed by atoms with Crippen molar-refractivity contribution in [2.24, 2.45) is 16.3 Å². The van der Waals surface area contributed by atoms with Crippen molar-refractivity contribution >= 4 is 41.5 Å². The van der Waals surface area contributed by atoms with Gasteiger partial charge in [-0.25, -0.2) is 0 Å². The first-order chi connectivity index (χ1) is 11.9. The van der Waals surface area contributed by atoms with E-state index in [1.54, 1.807) is 0 Å². The van der Waals surface area contributed by atoms with Gasteiger partial charge >= 0.3 is 0 Å². The Hall–Kier alpha value is -0.530. The summed E-state index contributed by atoms with van der Waals surface area (Å²) in [6.45, 7) is 8.78. The van der Waals surface area contributed by atoms with Gasteiger partial charge in [-0.05, 0) is 61.9 Å². The van der Waals surface area contributed by atoms with Gasteiger partial charge in [0, 0.05) is 31.7 Å². The molecule has 1 fully saturated rings. The molecule has 148 valence electrons. The number of likely N-dealkylation sites (tertiary alicyclic amines) is 1. The summed E-state index contributed by atoms with van der Waals surface area (Å²) in [5, 5.41) is 7.79. The number of guanidine groups is 1. The first-order valence-corrected chi connectivity index (χ1v) is 9.63. The molecule has 0 radical (unpaired) electrons. The minimum absolute atomic E-state index is 0. The number of halogens is 2. The minimum Gasteiger partial charge on any atom is -0.356 e. The van der Waals surface area contributed by atoms with Gasteiger partial charge < -0.3 is 15.5 Å². The highest BCUT2D eigenvalue weighted by Crippen LogP contribution is 2.22. The molecule has 1 unspecified atom stereocenters. The summed E-state index contributed by atoms with van der Waals surface area (Å²) < 4.78 is 0. The summed E-state index contributed by atoms with van der Waals surface area (Å²) in [6, 6.07) is 8.13. The number of hydrogen-bond donors (Lipinski definition) is 2. The Labute approximate surface area is 181 Å². The van der Waals surface area contributed by atoms with E-state index in [-0.39, 0.29) is 29.4 Å². The monoisotopic (exact) mass is 492 g/mol. The van der Waals surface area contributed by atoms with Crippen LogP contribution in [0.25, 0.3) is 0 Å². The summed E-state index contributed by atoms with van der Waals surface area (Å²) in [7, 11) is 4.05. The highest BCUT2D eigenvalue weighted by molar-refractivity contribution is 14.0. The predicted molar refractivity (Wildman–Crippen MR) is 124 cm³/mol. The smallest absolute Gasteiger partial charge is 0.191 e. The number of aliphatic imine (C=N–C) groups is 1. The zero-order valence-corrected chi connectivity index (χ0v) is 19.6. The lowest BCUT2D eigenvalue weighted by atomic mass is 9.86. The fourth-order valence-electron chi connectivity index (χ4n) is 3.49. The normalized spacial score (nSPS) is 19.0. The molecule has 1 heterocycles. The third-order valence-corrected chi connectivity index (χ3v) is 5.05. The molecule has 2 N–H and O–H groups in total. The van der Waals surface area contributed by atoms with Crippen LogP contribution in [0.1, 0.15) is 32.3 Å². The average Bonchev–Trinajstić information content (AvgIpc) is 2.54. The van der Waals surface area contributed by atoms with Gasteiger partial charge in [0.05, 0.1) is 0 Å². The number of hydrogen-bond acceptors (Lipinski definition) is 2. The van der Waals surface area contributed by atoms with E-state index in [0.29, 0.717) is 5.92 Å². The zero-order valence-electron chi connectivity index (χ0n) is 16.5. The van der Waals surface area contributed by atoms with Gasteiger partial charge in [-0.3, -0.25) is 4.99 Å². The van der Waals surface area contributed by atoms with Crippen molar-refractivity contribution in [1.82, 2.24) is 15.5 Å². The van der Waals surface area contributed by atoms with Crippen molar-refractivity contribution in [3.63, 3.8) is 0 Å². The predicted octanol–water partition coefficient (Wildman–Crippen LogP) is 4.03. The second-order valence-electron chi connectivity index (χ2n) is 8.05. The molecule has 1 aromatic rings. The fraction of sp³-hybridized carbons (Fsp3) is 0.650. The number of rotatable bonds is 6. The van der Waals surface area contributed by atoms with E-state index < -0.39 is 0 Å². The Kier molecular flexibility index (Phi) is 10.3. The second-order valence-corrected chi connectivity index (χ2v) is 8.48. The van der Waals surface area contributed by atoms with E-state index in [9.17, 15) is 0 Å². The van der Waals surface area contributed by atoms with E-state index in [0.717, 1.165) is 30.5 Å². The number of benzene rings is 1. The molecule has 0 aromatic heterocycles. The summed E-state index contributed by atoms with van der Waals surface area (Å²) in [5.41, 5.74) is 1.39. The molecule has 1 aliphatic rings. The number of nitrogens with one attached hydrogen (secondary N) is 2. The largest absolute Gasteiger partial charge is 0.356 e. The van der Waals surface area contributed by atoms with Crippen molar-refractivity contribution in [3.8, 4) is 0 Å².